The number of unbranched alkanes of at least 4 members (excludes halogenated alkanes) is 1. The molecule has 4 unspecified atom stereocenters. The van der Waals surface area contributed by atoms with Crippen LogP contribution >= 0.6 is 0 Å². The van der Waals surface area contributed by atoms with Crippen LogP contribution in [0.25, 0.3) is 0 Å². The summed E-state index contributed by atoms with van der Waals surface area (Å²) in [5, 5.41) is 17.2. The molecule has 4 atom stereocenters. The fraction of sp³-hybridized carbons (Fsp3) is 0.652. The Hall–Kier alpha value is -3.72. The van der Waals surface area contributed by atoms with Gasteiger partial charge in [-0.3, -0.25) is 19.4 Å². The number of carbonyl (C=O) groups is 4. The number of amides is 3. The van der Waals surface area contributed by atoms with Crippen molar-refractivity contribution in [3.63, 3.8) is 0 Å². The van der Waals surface area contributed by atoms with E-state index in [-0.39, 0.29) is 31.8 Å². The molecule has 0 radical (unpaired) electrons. The van der Waals surface area contributed by atoms with E-state index in [0.717, 1.165) is 0 Å². The number of nitrogens with one attached hydrogen (secondary N) is 4. The van der Waals surface area contributed by atoms with Crippen molar-refractivity contribution >= 4 is 29.7 Å². The van der Waals surface area contributed by atoms with E-state index < -0.39 is 53.8 Å². The quantitative estimate of drug-likeness (QED) is 0.0545. The van der Waals surface area contributed by atoms with Gasteiger partial charge in [0.1, 0.15) is 18.1 Å². The second-order valence-corrected chi connectivity index (χ2v) is 9.31. The minimum atomic E-state index is -1.20. The van der Waals surface area contributed by atoms with Crippen LogP contribution in [0, 0.1) is 5.92 Å². The van der Waals surface area contributed by atoms with Gasteiger partial charge in [-0.1, -0.05) is 13.8 Å². The highest BCUT2D eigenvalue weighted by atomic mass is 16.4. The van der Waals surface area contributed by atoms with E-state index in [9.17, 15) is 24.3 Å². The Morgan fingerprint density at radius 2 is 1.61 bits per heavy atom. The number of aromatic nitrogens is 2. The maximum atomic E-state index is 13.2. The third-order valence-electron chi connectivity index (χ3n) is 5.72. The molecule has 0 aliphatic carbocycles. The van der Waals surface area contributed by atoms with Crippen LogP contribution in [0.3, 0.4) is 0 Å². The first kappa shape index (κ1) is 32.3. The minimum absolute atomic E-state index is 0.116. The molecule has 0 aliphatic rings. The predicted octanol–water partition coefficient (Wildman–Crippen LogP) is -2.34. The molecule has 38 heavy (non-hydrogen) atoms. The molecule has 15 heteroatoms. The van der Waals surface area contributed by atoms with E-state index in [1.54, 1.807) is 20.0 Å². The molecule has 0 saturated carbocycles. The summed E-state index contributed by atoms with van der Waals surface area (Å²) in [5.41, 5.74) is 22.9. The molecule has 0 spiro atoms. The molecular formula is C23H42N10O5. The van der Waals surface area contributed by atoms with Gasteiger partial charge in [-0.25, -0.2) is 9.78 Å². The van der Waals surface area contributed by atoms with Gasteiger partial charge in [0, 0.05) is 24.9 Å². The zero-order valence-electron chi connectivity index (χ0n) is 22.0. The lowest BCUT2D eigenvalue weighted by atomic mass is 10.0. The lowest BCUT2D eigenvalue weighted by molar-refractivity contribution is -0.143. The van der Waals surface area contributed by atoms with Crippen molar-refractivity contribution in [3.8, 4) is 0 Å². The SMILES string of the molecule is CC(C)C(NC(=O)C(CCCN=C(N)N)NC(=O)C(CCCCN)NC(=O)C(N)Cc1cnc[nH]1)C(=O)O. The maximum Gasteiger partial charge on any atom is 0.326 e. The third kappa shape index (κ3) is 12.0. The molecule has 1 heterocycles. The fourth-order valence-electron chi connectivity index (χ4n) is 3.58. The van der Waals surface area contributed by atoms with Gasteiger partial charge in [0.05, 0.1) is 12.4 Å². The van der Waals surface area contributed by atoms with Crippen LogP contribution < -0.4 is 38.9 Å². The zero-order chi connectivity index (χ0) is 28.7. The molecule has 0 aromatic carbocycles. The number of rotatable bonds is 18. The summed E-state index contributed by atoms with van der Waals surface area (Å²) in [7, 11) is 0. The Morgan fingerprint density at radius 3 is 2.13 bits per heavy atom. The molecule has 13 N–H and O–H groups in total. The van der Waals surface area contributed by atoms with Crippen LogP contribution in [0.2, 0.25) is 0 Å². The molecule has 1 aromatic rings. The van der Waals surface area contributed by atoms with Crippen molar-refractivity contribution in [1.82, 2.24) is 25.9 Å². The Morgan fingerprint density at radius 1 is 1.00 bits per heavy atom. The molecule has 0 bridgehead atoms. The second kappa shape index (κ2) is 16.9. The topological polar surface area (TPSA) is 270 Å². The van der Waals surface area contributed by atoms with Crippen molar-refractivity contribution in [2.45, 2.75) is 76.5 Å². The monoisotopic (exact) mass is 538 g/mol. The van der Waals surface area contributed by atoms with Gasteiger partial charge >= 0.3 is 5.97 Å². The number of hydrogen-bond acceptors (Lipinski definition) is 8. The van der Waals surface area contributed by atoms with Crippen molar-refractivity contribution in [2.24, 2.45) is 33.8 Å². The van der Waals surface area contributed by atoms with E-state index >= 15 is 0 Å². The summed E-state index contributed by atoms with van der Waals surface area (Å²) in [6.07, 6.45) is 5.08. The number of carboxylic acid groups (broad SMARTS) is 1. The Labute approximate surface area is 222 Å². The number of aliphatic imine (C=N–C) groups is 1. The van der Waals surface area contributed by atoms with Crippen LogP contribution in [0.1, 0.15) is 51.6 Å². The average molecular weight is 539 g/mol. The fourth-order valence-corrected chi connectivity index (χ4v) is 3.58. The number of H-pyrrole nitrogens is 1. The molecule has 0 fully saturated rings. The average Bonchev–Trinajstić information content (AvgIpc) is 3.35. The Bertz CT molecular complexity index is 918. The van der Waals surface area contributed by atoms with Gasteiger partial charge in [0.2, 0.25) is 17.7 Å². The summed E-state index contributed by atoms with van der Waals surface area (Å²) in [4.78, 5) is 61.2. The smallest absolute Gasteiger partial charge is 0.326 e. The first-order valence-electron chi connectivity index (χ1n) is 12.6. The predicted molar refractivity (Wildman–Crippen MR) is 141 cm³/mol. The van der Waals surface area contributed by atoms with Gasteiger partial charge in [-0.15, -0.1) is 0 Å². The number of aliphatic carboxylic acids is 1. The zero-order valence-corrected chi connectivity index (χ0v) is 22.0. The van der Waals surface area contributed by atoms with Gasteiger partial charge in [0.15, 0.2) is 5.96 Å². The summed E-state index contributed by atoms with van der Waals surface area (Å²) >= 11 is 0. The highest BCUT2D eigenvalue weighted by Crippen LogP contribution is 2.08. The number of imidazole rings is 1. The number of carboxylic acids is 1. The van der Waals surface area contributed by atoms with Crippen molar-refractivity contribution < 1.29 is 24.3 Å². The summed E-state index contributed by atoms with van der Waals surface area (Å²) in [5.74, 6) is -3.54. The molecule has 1 rings (SSSR count). The lowest BCUT2D eigenvalue weighted by Crippen LogP contribution is -2.57. The Kier molecular flexibility index (Phi) is 14.4. The van der Waals surface area contributed by atoms with Crippen LogP contribution in [0.5, 0.6) is 0 Å². The van der Waals surface area contributed by atoms with Crippen LogP contribution in [0.15, 0.2) is 17.5 Å². The summed E-state index contributed by atoms with van der Waals surface area (Å²) in [6.45, 7) is 3.92. The first-order valence-corrected chi connectivity index (χ1v) is 12.6. The number of aromatic amines is 1. The summed E-state index contributed by atoms with van der Waals surface area (Å²) in [6, 6.07) is -4.18. The number of hydrogen-bond donors (Lipinski definition) is 9. The van der Waals surface area contributed by atoms with Gasteiger partial charge in [-0.05, 0) is 44.6 Å². The highest BCUT2D eigenvalue weighted by molar-refractivity contribution is 5.94. The number of carbonyl (C=O) groups excluding carboxylic acids is 3. The number of guanidine groups is 1. The van der Waals surface area contributed by atoms with Crippen LogP contribution in [-0.2, 0) is 25.6 Å². The standard InChI is InChI=1S/C23H42N10O5/c1-13(2)18(22(37)38)33-21(36)17(7-5-9-29-23(26)27)32-20(35)16(6-3-4-8-24)31-19(34)15(25)10-14-11-28-12-30-14/h11-13,15-18H,3-10,24-25H2,1-2H3,(H,28,30)(H,31,34)(H,32,35)(H,33,36)(H,37,38)(H4,26,27,29). The molecule has 3 amide bonds. The lowest BCUT2D eigenvalue weighted by Gasteiger charge is -2.26. The van der Waals surface area contributed by atoms with E-state index in [2.05, 4.69) is 30.9 Å². The Balaban J connectivity index is 3.00. The molecule has 15 nitrogen and oxygen atoms in total. The van der Waals surface area contributed by atoms with Crippen molar-refractivity contribution in [1.29, 1.82) is 0 Å². The first-order chi connectivity index (χ1) is 18.0. The molecule has 0 aliphatic heterocycles. The molecular weight excluding hydrogens is 496 g/mol. The largest absolute Gasteiger partial charge is 0.480 e. The molecule has 0 saturated heterocycles. The number of nitrogens with zero attached hydrogens (tertiary/aromatic N) is 2. The molecule has 214 valence electrons. The van der Waals surface area contributed by atoms with E-state index in [4.69, 9.17) is 22.9 Å². The summed E-state index contributed by atoms with van der Waals surface area (Å²) < 4.78 is 0. The molecule has 1 aromatic heterocycles. The van der Waals surface area contributed by atoms with Gasteiger partial charge < -0.3 is 49.0 Å². The van der Waals surface area contributed by atoms with E-state index in [1.165, 1.54) is 6.33 Å². The van der Waals surface area contributed by atoms with E-state index in [1.807, 2.05) is 0 Å². The maximum absolute atomic E-state index is 13.2. The van der Waals surface area contributed by atoms with Crippen molar-refractivity contribution in [2.75, 3.05) is 13.1 Å². The third-order valence-corrected chi connectivity index (χ3v) is 5.72. The second-order valence-electron chi connectivity index (χ2n) is 9.31. The minimum Gasteiger partial charge on any atom is -0.480 e. The van der Waals surface area contributed by atoms with Gasteiger partial charge in [0.25, 0.3) is 0 Å². The van der Waals surface area contributed by atoms with Crippen LogP contribution in [0.4, 0.5) is 0 Å². The van der Waals surface area contributed by atoms with Crippen LogP contribution in [-0.4, -0.2) is 82.0 Å². The van der Waals surface area contributed by atoms with E-state index in [0.29, 0.717) is 31.5 Å². The van der Waals surface area contributed by atoms with Gasteiger partial charge in [-0.2, -0.15) is 0 Å². The highest BCUT2D eigenvalue weighted by Gasteiger charge is 2.31. The normalized spacial score (nSPS) is 14.1. The van der Waals surface area contributed by atoms with Crippen molar-refractivity contribution in [3.05, 3.63) is 18.2 Å². The number of nitrogens with two attached hydrogens (primary N) is 4.